The summed E-state index contributed by atoms with van der Waals surface area (Å²) in [5.74, 6) is 0.00622. The lowest BCUT2D eigenvalue weighted by Crippen LogP contribution is -2.04. The van der Waals surface area contributed by atoms with E-state index in [1.165, 1.54) is 13.1 Å². The maximum atomic E-state index is 11.7. The predicted molar refractivity (Wildman–Crippen MR) is 83.2 cm³/mol. The van der Waals surface area contributed by atoms with E-state index in [1.807, 2.05) is 26.0 Å². The van der Waals surface area contributed by atoms with Crippen molar-refractivity contribution in [3.05, 3.63) is 46.1 Å². The fourth-order valence-electron chi connectivity index (χ4n) is 2.01. The van der Waals surface area contributed by atoms with Crippen LogP contribution < -0.4 is 5.56 Å². The van der Waals surface area contributed by atoms with E-state index in [2.05, 4.69) is 15.0 Å². The van der Waals surface area contributed by atoms with Gasteiger partial charge in [0, 0.05) is 35.8 Å². The third-order valence-corrected chi connectivity index (χ3v) is 2.91. The molecule has 2 rings (SSSR count). The van der Waals surface area contributed by atoms with E-state index >= 15 is 0 Å². The van der Waals surface area contributed by atoms with Crippen LogP contribution in [0.4, 0.5) is 5.69 Å². The van der Waals surface area contributed by atoms with E-state index in [0.717, 1.165) is 22.5 Å². The van der Waals surface area contributed by atoms with Gasteiger partial charge in [-0.25, -0.2) is 0 Å². The van der Waals surface area contributed by atoms with E-state index in [1.54, 1.807) is 12.3 Å². The van der Waals surface area contributed by atoms with E-state index in [4.69, 9.17) is 0 Å². The molecule has 0 aromatic carbocycles. The standard InChI is InChI=1S/C16H17N3O2/c1-10-6-13(7-11(2)19-10)14-8-15(16(21)18-9-14)17-5-4-12(3)20/h5-9H,4H2,1-3H3,(H,18,21). The minimum Gasteiger partial charge on any atom is -0.327 e. The molecule has 0 atom stereocenters. The highest BCUT2D eigenvalue weighted by atomic mass is 16.1. The minimum absolute atomic E-state index is 0.00622. The van der Waals surface area contributed by atoms with Gasteiger partial charge in [-0.3, -0.25) is 19.6 Å². The van der Waals surface area contributed by atoms with Gasteiger partial charge in [-0.05, 0) is 44.5 Å². The van der Waals surface area contributed by atoms with Crippen LogP contribution in [0.25, 0.3) is 11.1 Å². The van der Waals surface area contributed by atoms with Gasteiger partial charge in [0.25, 0.3) is 5.56 Å². The van der Waals surface area contributed by atoms with Crippen LogP contribution in [0, 0.1) is 13.8 Å². The zero-order valence-electron chi connectivity index (χ0n) is 12.3. The third kappa shape index (κ3) is 3.95. The number of rotatable bonds is 4. The monoisotopic (exact) mass is 283 g/mol. The van der Waals surface area contributed by atoms with E-state index < -0.39 is 0 Å². The Hall–Kier alpha value is -2.56. The van der Waals surface area contributed by atoms with Crippen molar-refractivity contribution < 1.29 is 4.79 Å². The van der Waals surface area contributed by atoms with Gasteiger partial charge in [0.2, 0.25) is 0 Å². The number of aromatic amines is 1. The van der Waals surface area contributed by atoms with E-state index in [-0.39, 0.29) is 17.8 Å². The number of aryl methyl sites for hydroxylation is 2. The molecule has 0 bridgehead atoms. The Labute approximate surface area is 122 Å². The van der Waals surface area contributed by atoms with Gasteiger partial charge in [-0.1, -0.05) is 0 Å². The molecule has 0 radical (unpaired) electrons. The Morgan fingerprint density at radius 2 is 1.90 bits per heavy atom. The van der Waals surface area contributed by atoms with Crippen molar-refractivity contribution >= 4 is 17.7 Å². The lowest BCUT2D eigenvalue weighted by molar-refractivity contribution is -0.115. The van der Waals surface area contributed by atoms with Crippen molar-refractivity contribution in [2.45, 2.75) is 27.2 Å². The smallest absolute Gasteiger partial charge is 0.273 e. The molecule has 0 unspecified atom stereocenters. The molecule has 0 amide bonds. The summed E-state index contributed by atoms with van der Waals surface area (Å²) in [7, 11) is 0. The third-order valence-electron chi connectivity index (χ3n) is 2.91. The second-order valence-electron chi connectivity index (χ2n) is 4.96. The zero-order valence-corrected chi connectivity index (χ0v) is 12.3. The molecule has 0 aliphatic rings. The topological polar surface area (TPSA) is 75.2 Å². The number of hydrogen-bond donors (Lipinski definition) is 1. The number of nitrogens with one attached hydrogen (secondary N) is 1. The summed E-state index contributed by atoms with van der Waals surface area (Å²) in [6.07, 6.45) is 3.33. The molecule has 108 valence electrons. The molecule has 21 heavy (non-hydrogen) atoms. The van der Waals surface area contributed by atoms with Crippen LogP contribution >= 0.6 is 0 Å². The first-order valence-corrected chi connectivity index (χ1v) is 6.66. The molecule has 2 aromatic heterocycles. The van der Waals surface area contributed by atoms with Crippen molar-refractivity contribution in [1.29, 1.82) is 0 Å². The molecule has 5 heteroatoms. The molecule has 2 aromatic rings. The maximum absolute atomic E-state index is 11.7. The first-order chi connectivity index (χ1) is 9.95. The van der Waals surface area contributed by atoms with Crippen LogP contribution in [0.2, 0.25) is 0 Å². The number of pyridine rings is 2. The Bertz CT molecular complexity index is 740. The molecular weight excluding hydrogens is 266 g/mol. The number of ketones is 1. The molecule has 2 heterocycles. The van der Waals surface area contributed by atoms with Crippen molar-refractivity contribution in [2.75, 3.05) is 0 Å². The number of carbonyl (C=O) groups excluding carboxylic acids is 1. The molecule has 0 saturated heterocycles. The fourth-order valence-corrected chi connectivity index (χ4v) is 2.01. The van der Waals surface area contributed by atoms with Crippen LogP contribution in [0.1, 0.15) is 24.7 Å². The number of carbonyl (C=O) groups is 1. The van der Waals surface area contributed by atoms with Crippen molar-refractivity contribution in [3.8, 4) is 11.1 Å². The lowest BCUT2D eigenvalue weighted by Gasteiger charge is -2.05. The summed E-state index contributed by atoms with van der Waals surface area (Å²) in [4.78, 5) is 33.7. The second kappa shape index (κ2) is 6.26. The number of aliphatic imine (C=N–C) groups is 1. The Morgan fingerprint density at radius 1 is 1.24 bits per heavy atom. The number of H-pyrrole nitrogens is 1. The highest BCUT2D eigenvalue weighted by Gasteiger charge is 2.04. The van der Waals surface area contributed by atoms with Gasteiger partial charge in [0.05, 0.1) is 0 Å². The van der Waals surface area contributed by atoms with Gasteiger partial charge in [-0.2, -0.15) is 0 Å². The second-order valence-corrected chi connectivity index (χ2v) is 4.96. The molecular formula is C16H17N3O2. The Morgan fingerprint density at radius 3 is 2.52 bits per heavy atom. The summed E-state index contributed by atoms with van der Waals surface area (Å²) < 4.78 is 0. The SMILES string of the molecule is CC(=O)CC=Nc1cc(-c2cc(C)nc(C)c2)c[nH]c1=O. The maximum Gasteiger partial charge on any atom is 0.273 e. The van der Waals surface area contributed by atoms with Crippen LogP contribution in [0.3, 0.4) is 0 Å². The molecule has 5 nitrogen and oxygen atoms in total. The number of nitrogens with zero attached hydrogens (tertiary/aromatic N) is 2. The highest BCUT2D eigenvalue weighted by Crippen LogP contribution is 2.22. The van der Waals surface area contributed by atoms with Gasteiger partial charge >= 0.3 is 0 Å². The van der Waals surface area contributed by atoms with Gasteiger partial charge in [0.1, 0.15) is 11.5 Å². The Kier molecular flexibility index (Phi) is 4.42. The average Bonchev–Trinajstić information content (AvgIpc) is 2.39. The number of hydrogen-bond acceptors (Lipinski definition) is 4. The van der Waals surface area contributed by atoms with Crippen molar-refractivity contribution in [3.63, 3.8) is 0 Å². The summed E-state index contributed by atoms with van der Waals surface area (Å²) in [5, 5.41) is 0. The van der Waals surface area contributed by atoms with Crippen molar-refractivity contribution in [1.82, 2.24) is 9.97 Å². The van der Waals surface area contributed by atoms with E-state index in [0.29, 0.717) is 5.69 Å². The lowest BCUT2D eigenvalue weighted by atomic mass is 10.1. The first kappa shape index (κ1) is 14.8. The van der Waals surface area contributed by atoms with Crippen LogP contribution in [-0.4, -0.2) is 22.0 Å². The van der Waals surface area contributed by atoms with Crippen LogP contribution in [0.15, 0.2) is 34.2 Å². The summed E-state index contributed by atoms with van der Waals surface area (Å²) in [6.45, 7) is 5.33. The minimum atomic E-state index is -0.277. The molecule has 0 aliphatic heterocycles. The first-order valence-electron chi connectivity index (χ1n) is 6.66. The highest BCUT2D eigenvalue weighted by molar-refractivity contribution is 5.90. The van der Waals surface area contributed by atoms with Crippen molar-refractivity contribution in [2.24, 2.45) is 4.99 Å². The molecule has 0 saturated carbocycles. The van der Waals surface area contributed by atoms with Gasteiger partial charge < -0.3 is 4.98 Å². The molecule has 0 fully saturated rings. The number of Topliss-reactive ketones (excluding diaryl/α,β-unsaturated/α-hetero) is 1. The summed E-state index contributed by atoms with van der Waals surface area (Å²) in [6, 6.07) is 5.61. The molecule has 1 N–H and O–H groups in total. The van der Waals surface area contributed by atoms with Crippen LogP contribution in [0.5, 0.6) is 0 Å². The molecule has 0 spiro atoms. The predicted octanol–water partition coefficient (Wildman–Crippen LogP) is 2.74. The quantitative estimate of drug-likeness (QED) is 0.877. The summed E-state index contributed by atoms with van der Waals surface area (Å²) in [5.41, 5.74) is 3.68. The van der Waals surface area contributed by atoms with E-state index in [9.17, 15) is 9.59 Å². The normalized spacial score (nSPS) is 11.0. The van der Waals surface area contributed by atoms with Gasteiger partial charge in [-0.15, -0.1) is 0 Å². The molecule has 0 aliphatic carbocycles. The zero-order chi connectivity index (χ0) is 15.4. The Balaban J connectivity index is 2.40. The number of aromatic nitrogens is 2. The average molecular weight is 283 g/mol. The largest absolute Gasteiger partial charge is 0.327 e. The van der Waals surface area contributed by atoms with Gasteiger partial charge in [0.15, 0.2) is 0 Å². The fraction of sp³-hybridized carbons (Fsp3) is 0.250. The van der Waals surface area contributed by atoms with Crippen LogP contribution in [-0.2, 0) is 4.79 Å². The summed E-state index contributed by atoms with van der Waals surface area (Å²) >= 11 is 0.